The van der Waals surface area contributed by atoms with Crippen LogP contribution in [-0.4, -0.2) is 5.67 Å². The first kappa shape index (κ1) is 9.18. The van der Waals surface area contributed by atoms with E-state index in [-0.39, 0.29) is 0 Å². The van der Waals surface area contributed by atoms with E-state index in [2.05, 4.69) is 13.8 Å². The number of rotatable bonds is 1. The molecule has 4 rings (SSSR count). The molecule has 4 bridgehead atoms. The van der Waals surface area contributed by atoms with Crippen molar-refractivity contribution < 1.29 is 4.39 Å². The van der Waals surface area contributed by atoms with Gasteiger partial charge < -0.3 is 0 Å². The van der Waals surface area contributed by atoms with Gasteiger partial charge in [0.2, 0.25) is 0 Å². The maximum atomic E-state index is 14.5. The van der Waals surface area contributed by atoms with Crippen molar-refractivity contribution in [1.29, 1.82) is 0 Å². The molecule has 4 aliphatic carbocycles. The van der Waals surface area contributed by atoms with Crippen molar-refractivity contribution in [3.63, 3.8) is 0 Å². The van der Waals surface area contributed by atoms with E-state index in [1.165, 1.54) is 19.3 Å². The fourth-order valence-electron chi connectivity index (χ4n) is 4.90. The summed E-state index contributed by atoms with van der Waals surface area (Å²) in [5.74, 6) is 2.14. The van der Waals surface area contributed by atoms with Gasteiger partial charge in [-0.05, 0) is 61.7 Å². The second-order valence-corrected chi connectivity index (χ2v) is 6.63. The first-order chi connectivity index (χ1) is 6.51. The standard InChI is InChI=1S/C13H21F/c1-9(2)12-4-10-3-11(5-12)7-13(14,6-10)8-12/h9-11H,3-8H2,1-2H3. The lowest BCUT2D eigenvalue weighted by molar-refractivity contribution is -0.141. The lowest BCUT2D eigenvalue weighted by Gasteiger charge is -2.60. The Morgan fingerprint density at radius 1 is 1.07 bits per heavy atom. The van der Waals surface area contributed by atoms with Gasteiger partial charge in [0, 0.05) is 0 Å². The fraction of sp³-hybridized carbons (Fsp3) is 1.00. The van der Waals surface area contributed by atoms with Crippen LogP contribution < -0.4 is 0 Å². The summed E-state index contributed by atoms with van der Waals surface area (Å²) < 4.78 is 14.5. The van der Waals surface area contributed by atoms with Gasteiger partial charge in [-0.15, -0.1) is 0 Å². The molecular formula is C13H21F. The largest absolute Gasteiger partial charge is 0.244 e. The van der Waals surface area contributed by atoms with Gasteiger partial charge >= 0.3 is 0 Å². The predicted molar refractivity (Wildman–Crippen MR) is 55.8 cm³/mol. The summed E-state index contributed by atoms with van der Waals surface area (Å²) in [4.78, 5) is 0. The zero-order chi connectivity index (χ0) is 9.97. The van der Waals surface area contributed by atoms with Crippen LogP contribution in [0.3, 0.4) is 0 Å². The van der Waals surface area contributed by atoms with E-state index in [4.69, 9.17) is 0 Å². The third kappa shape index (κ3) is 1.10. The van der Waals surface area contributed by atoms with E-state index in [0.717, 1.165) is 31.1 Å². The van der Waals surface area contributed by atoms with Crippen molar-refractivity contribution in [3.8, 4) is 0 Å². The minimum Gasteiger partial charge on any atom is -0.244 e. The third-order valence-electron chi connectivity index (χ3n) is 5.26. The highest BCUT2D eigenvalue weighted by Crippen LogP contribution is 2.65. The van der Waals surface area contributed by atoms with Gasteiger partial charge in [0.25, 0.3) is 0 Å². The maximum absolute atomic E-state index is 14.5. The van der Waals surface area contributed by atoms with Gasteiger partial charge in [0.05, 0.1) is 0 Å². The molecule has 0 amide bonds. The average Bonchev–Trinajstić information content (AvgIpc) is 1.98. The van der Waals surface area contributed by atoms with Gasteiger partial charge in [-0.1, -0.05) is 13.8 Å². The molecule has 0 aromatic carbocycles. The molecule has 0 nitrogen and oxygen atoms in total. The fourth-order valence-corrected chi connectivity index (χ4v) is 4.90. The third-order valence-corrected chi connectivity index (χ3v) is 5.26. The Hall–Kier alpha value is -0.0700. The highest BCUT2D eigenvalue weighted by Gasteiger charge is 2.58. The first-order valence-electron chi connectivity index (χ1n) is 6.20. The van der Waals surface area contributed by atoms with Gasteiger partial charge in [0.1, 0.15) is 5.67 Å². The topological polar surface area (TPSA) is 0 Å². The lowest BCUT2D eigenvalue weighted by atomic mass is 9.46. The highest BCUT2D eigenvalue weighted by molar-refractivity contribution is 5.09. The molecule has 0 saturated heterocycles. The quantitative estimate of drug-likeness (QED) is 0.595. The molecule has 0 heterocycles. The monoisotopic (exact) mass is 196 g/mol. The van der Waals surface area contributed by atoms with E-state index in [1.54, 1.807) is 0 Å². The minimum absolute atomic E-state index is 0.388. The van der Waals surface area contributed by atoms with E-state index < -0.39 is 5.67 Å². The molecule has 0 aromatic heterocycles. The van der Waals surface area contributed by atoms with E-state index >= 15 is 0 Å². The lowest BCUT2D eigenvalue weighted by Crippen LogP contribution is -2.55. The van der Waals surface area contributed by atoms with Crippen LogP contribution in [0.15, 0.2) is 0 Å². The summed E-state index contributed by atoms with van der Waals surface area (Å²) in [7, 11) is 0. The van der Waals surface area contributed by atoms with Crippen LogP contribution in [-0.2, 0) is 0 Å². The Labute approximate surface area is 86.3 Å². The molecule has 0 radical (unpaired) electrons. The van der Waals surface area contributed by atoms with Crippen LogP contribution in [0.25, 0.3) is 0 Å². The summed E-state index contributed by atoms with van der Waals surface area (Å²) in [5, 5.41) is 0. The maximum Gasteiger partial charge on any atom is 0.112 e. The van der Waals surface area contributed by atoms with Crippen LogP contribution in [0, 0.1) is 23.2 Å². The molecule has 2 unspecified atom stereocenters. The van der Waals surface area contributed by atoms with Crippen molar-refractivity contribution in [2.75, 3.05) is 0 Å². The van der Waals surface area contributed by atoms with Crippen molar-refractivity contribution in [3.05, 3.63) is 0 Å². The predicted octanol–water partition coefficient (Wildman–Crippen LogP) is 3.95. The molecule has 80 valence electrons. The molecule has 14 heavy (non-hydrogen) atoms. The van der Waals surface area contributed by atoms with E-state index in [0.29, 0.717) is 11.3 Å². The Balaban J connectivity index is 1.96. The number of alkyl halides is 1. The van der Waals surface area contributed by atoms with Crippen molar-refractivity contribution in [2.45, 2.75) is 58.0 Å². The van der Waals surface area contributed by atoms with Crippen molar-refractivity contribution in [2.24, 2.45) is 23.2 Å². The van der Waals surface area contributed by atoms with E-state index in [1.807, 2.05) is 0 Å². The average molecular weight is 196 g/mol. The molecule has 4 aliphatic rings. The number of halogens is 1. The SMILES string of the molecule is CC(C)C12CC3CC(CC(F)(C3)C1)C2. The molecule has 0 spiro atoms. The van der Waals surface area contributed by atoms with Gasteiger partial charge in [-0.3, -0.25) is 0 Å². The summed E-state index contributed by atoms with van der Waals surface area (Å²) in [5.41, 5.74) is -0.368. The first-order valence-corrected chi connectivity index (χ1v) is 6.20. The summed E-state index contributed by atoms with van der Waals surface area (Å²) >= 11 is 0. The second kappa shape index (κ2) is 2.54. The Bertz CT molecular complexity index is 242. The van der Waals surface area contributed by atoms with Crippen LogP contribution >= 0.6 is 0 Å². The van der Waals surface area contributed by atoms with Crippen LogP contribution in [0.4, 0.5) is 4.39 Å². The molecule has 4 fully saturated rings. The molecule has 1 heteroatoms. The zero-order valence-corrected chi connectivity index (χ0v) is 9.35. The van der Waals surface area contributed by atoms with E-state index in [9.17, 15) is 4.39 Å². The Kier molecular flexibility index (Phi) is 1.66. The zero-order valence-electron chi connectivity index (χ0n) is 9.35. The van der Waals surface area contributed by atoms with Crippen LogP contribution in [0.5, 0.6) is 0 Å². The summed E-state index contributed by atoms with van der Waals surface area (Å²) in [6.07, 6.45) is 6.64. The normalized spacial score (nSPS) is 55.7. The number of hydrogen-bond donors (Lipinski definition) is 0. The van der Waals surface area contributed by atoms with Crippen LogP contribution in [0.1, 0.15) is 52.4 Å². The summed E-state index contributed by atoms with van der Waals surface area (Å²) in [6.45, 7) is 4.60. The van der Waals surface area contributed by atoms with Gasteiger partial charge in [0.15, 0.2) is 0 Å². The molecule has 4 saturated carbocycles. The van der Waals surface area contributed by atoms with Crippen molar-refractivity contribution in [1.82, 2.24) is 0 Å². The highest BCUT2D eigenvalue weighted by atomic mass is 19.1. The Morgan fingerprint density at radius 3 is 2.07 bits per heavy atom. The van der Waals surface area contributed by atoms with Crippen LogP contribution in [0.2, 0.25) is 0 Å². The number of hydrogen-bond acceptors (Lipinski definition) is 0. The van der Waals surface area contributed by atoms with Gasteiger partial charge in [-0.2, -0.15) is 0 Å². The molecule has 0 aromatic rings. The molecule has 0 N–H and O–H groups in total. The molecule has 2 atom stereocenters. The second-order valence-electron chi connectivity index (χ2n) is 6.63. The smallest absolute Gasteiger partial charge is 0.112 e. The Morgan fingerprint density at radius 2 is 1.64 bits per heavy atom. The minimum atomic E-state index is -0.756. The van der Waals surface area contributed by atoms with Crippen molar-refractivity contribution >= 4 is 0 Å². The molecular weight excluding hydrogens is 175 g/mol. The summed E-state index contributed by atoms with van der Waals surface area (Å²) in [6, 6.07) is 0. The molecule has 0 aliphatic heterocycles. The van der Waals surface area contributed by atoms with Gasteiger partial charge in [-0.25, -0.2) is 4.39 Å².